The topological polar surface area (TPSA) is 99.5 Å². The van der Waals surface area contributed by atoms with Crippen LogP contribution in [-0.4, -0.2) is 40.1 Å². The predicted octanol–water partition coefficient (Wildman–Crippen LogP) is 4.32. The van der Waals surface area contributed by atoms with Crippen molar-refractivity contribution in [2.75, 3.05) is 11.9 Å². The minimum atomic E-state index is -0.633. The maximum Gasteiger partial charge on any atom is 0.411 e. The normalized spacial score (nSPS) is 13.6. The molecule has 8 heteroatoms. The summed E-state index contributed by atoms with van der Waals surface area (Å²) in [6.45, 7) is 7.22. The summed E-state index contributed by atoms with van der Waals surface area (Å²) in [4.78, 5) is 40.6. The van der Waals surface area contributed by atoms with Crippen LogP contribution < -0.4 is 5.32 Å². The smallest absolute Gasteiger partial charge is 0.411 e. The summed E-state index contributed by atoms with van der Waals surface area (Å²) in [6.07, 6.45) is 7.95. The highest BCUT2D eigenvalue weighted by Crippen LogP contribution is 2.25. The van der Waals surface area contributed by atoms with Crippen molar-refractivity contribution in [3.8, 4) is 0 Å². The fraction of sp³-hybridized carbons (Fsp3) is 0.391. The zero-order valence-electron chi connectivity index (χ0n) is 18.2. The first-order chi connectivity index (χ1) is 14.7. The molecule has 1 aliphatic carbocycles. The number of aryl methyl sites for hydroxylation is 1. The molecule has 0 unspecified atom stereocenters. The quantitative estimate of drug-likeness (QED) is 0.546. The molecule has 8 nitrogen and oxygen atoms in total. The summed E-state index contributed by atoms with van der Waals surface area (Å²) in [7, 11) is 0. The zero-order valence-corrected chi connectivity index (χ0v) is 18.2. The summed E-state index contributed by atoms with van der Waals surface area (Å²) < 4.78 is 12.3. The van der Waals surface area contributed by atoms with Gasteiger partial charge in [0.25, 0.3) is 0 Å². The molecule has 31 heavy (non-hydrogen) atoms. The minimum absolute atomic E-state index is 0.0632. The molecule has 1 heterocycles. The summed E-state index contributed by atoms with van der Waals surface area (Å²) in [6, 6.07) is 3.19. The molecule has 1 aromatic heterocycles. The van der Waals surface area contributed by atoms with Crippen LogP contribution in [0.5, 0.6) is 0 Å². The molecule has 0 atom stereocenters. The molecule has 1 aromatic carbocycles. The molecule has 0 radical (unpaired) electrons. The second-order valence-electron chi connectivity index (χ2n) is 8.34. The van der Waals surface area contributed by atoms with E-state index in [4.69, 9.17) is 9.47 Å². The van der Waals surface area contributed by atoms with Crippen molar-refractivity contribution >= 4 is 35.1 Å². The van der Waals surface area contributed by atoms with Crippen LogP contribution in [0.1, 0.15) is 49.8 Å². The van der Waals surface area contributed by atoms with Crippen molar-refractivity contribution in [3.05, 3.63) is 47.3 Å². The van der Waals surface area contributed by atoms with Gasteiger partial charge in [-0.3, -0.25) is 14.9 Å². The zero-order chi connectivity index (χ0) is 22.6. The van der Waals surface area contributed by atoms with E-state index in [-0.39, 0.29) is 13.2 Å². The van der Waals surface area contributed by atoms with E-state index < -0.39 is 17.7 Å². The van der Waals surface area contributed by atoms with Gasteiger partial charge in [0.05, 0.1) is 11.0 Å². The number of fused-ring (bicyclic) bond motifs is 1. The average molecular weight is 425 g/mol. The number of aromatic nitrogens is 2. The number of carbonyl (C=O) groups excluding carboxylic acids is 3. The molecule has 0 spiro atoms. The first-order valence-electron chi connectivity index (χ1n) is 10.1. The van der Waals surface area contributed by atoms with E-state index in [0.29, 0.717) is 34.4 Å². The summed E-state index contributed by atoms with van der Waals surface area (Å²) in [5.41, 5.74) is 1.99. The van der Waals surface area contributed by atoms with Gasteiger partial charge in [-0.05, 0) is 58.2 Å². The van der Waals surface area contributed by atoms with Crippen LogP contribution in [0.4, 0.5) is 10.5 Å². The highest BCUT2D eigenvalue weighted by Gasteiger charge is 2.20. The number of aldehydes is 1. The van der Waals surface area contributed by atoms with Crippen molar-refractivity contribution in [1.29, 1.82) is 0 Å². The Morgan fingerprint density at radius 3 is 2.68 bits per heavy atom. The Morgan fingerprint density at radius 1 is 1.26 bits per heavy atom. The average Bonchev–Trinajstić information content (AvgIpc) is 3.00. The van der Waals surface area contributed by atoms with Gasteiger partial charge in [-0.2, -0.15) is 0 Å². The fourth-order valence-corrected chi connectivity index (χ4v) is 3.31. The maximum atomic E-state index is 12.3. The number of hydrogen-bond donors (Lipinski definition) is 1. The number of hydrogen-bond acceptors (Lipinski definition) is 6. The third-order valence-electron chi connectivity index (χ3n) is 4.60. The van der Waals surface area contributed by atoms with E-state index in [9.17, 15) is 14.4 Å². The lowest BCUT2D eigenvalue weighted by molar-refractivity contribution is -0.155. The number of anilines is 1. The Hall–Kier alpha value is -3.42. The lowest BCUT2D eigenvalue weighted by Gasteiger charge is -2.20. The predicted molar refractivity (Wildman–Crippen MR) is 117 cm³/mol. The van der Waals surface area contributed by atoms with Crippen LogP contribution in [0, 0.1) is 6.92 Å². The Balaban J connectivity index is 1.81. The highest BCUT2D eigenvalue weighted by molar-refractivity contribution is 5.99. The molecule has 1 amide bonds. The van der Waals surface area contributed by atoms with Gasteiger partial charge in [0, 0.05) is 11.3 Å². The van der Waals surface area contributed by atoms with Crippen molar-refractivity contribution in [2.45, 2.75) is 52.7 Å². The van der Waals surface area contributed by atoms with Crippen LogP contribution in [0.2, 0.25) is 0 Å². The maximum absolute atomic E-state index is 12.3. The number of carbonyl (C=O) groups is 3. The monoisotopic (exact) mass is 425 g/mol. The molecule has 1 aliphatic rings. The number of nitrogens with zero attached hydrogens (tertiary/aromatic N) is 2. The van der Waals surface area contributed by atoms with Gasteiger partial charge in [-0.15, -0.1) is 0 Å². The number of rotatable bonds is 6. The first-order valence-corrected chi connectivity index (χ1v) is 10.1. The SMILES string of the molecule is Cc1nc2c(C=O)cc(NC(=O)OCC3=CCCC=C3)cc2n1CC(=O)OC(C)(C)C. The Bertz CT molecular complexity index is 1070. The standard InChI is InChI=1S/C23H27N3O5/c1-15-24-21-17(13-27)10-18(25-22(29)30-14-16-8-6-5-7-9-16)11-19(21)26(15)12-20(28)31-23(2,3)4/h6,8-11,13H,5,7,12,14H2,1-4H3,(H,25,29). The molecule has 164 valence electrons. The molecular formula is C23H27N3O5. The van der Waals surface area contributed by atoms with E-state index in [0.717, 1.165) is 18.4 Å². The fourth-order valence-electron chi connectivity index (χ4n) is 3.31. The van der Waals surface area contributed by atoms with Crippen molar-refractivity contribution in [2.24, 2.45) is 0 Å². The van der Waals surface area contributed by atoms with E-state index in [1.54, 1.807) is 38.3 Å². The molecule has 1 N–H and O–H groups in total. The van der Waals surface area contributed by atoms with Crippen molar-refractivity contribution < 1.29 is 23.9 Å². The number of allylic oxidation sites excluding steroid dienone is 2. The number of ether oxygens (including phenoxy) is 2. The van der Waals surface area contributed by atoms with Gasteiger partial charge in [0.15, 0.2) is 6.29 Å². The highest BCUT2D eigenvalue weighted by atomic mass is 16.6. The molecular weight excluding hydrogens is 398 g/mol. The minimum Gasteiger partial charge on any atom is -0.459 e. The van der Waals surface area contributed by atoms with Crippen LogP contribution in [0.25, 0.3) is 11.0 Å². The molecule has 2 aromatic rings. The largest absolute Gasteiger partial charge is 0.459 e. The number of imidazole rings is 1. The Labute approximate surface area is 180 Å². The number of esters is 1. The van der Waals surface area contributed by atoms with E-state index >= 15 is 0 Å². The lowest BCUT2D eigenvalue weighted by atomic mass is 10.1. The first kappa shape index (κ1) is 22.3. The van der Waals surface area contributed by atoms with Crippen LogP contribution in [0.15, 0.2) is 35.9 Å². The molecule has 0 bridgehead atoms. The lowest BCUT2D eigenvalue weighted by Crippen LogP contribution is -2.26. The second kappa shape index (κ2) is 9.16. The Morgan fingerprint density at radius 2 is 2.03 bits per heavy atom. The van der Waals surface area contributed by atoms with Crippen LogP contribution >= 0.6 is 0 Å². The van der Waals surface area contributed by atoms with Crippen LogP contribution in [0.3, 0.4) is 0 Å². The van der Waals surface area contributed by atoms with Crippen LogP contribution in [-0.2, 0) is 20.8 Å². The third-order valence-corrected chi connectivity index (χ3v) is 4.60. The molecule has 3 rings (SSSR count). The number of amides is 1. The van der Waals surface area contributed by atoms with Crippen molar-refractivity contribution in [3.63, 3.8) is 0 Å². The van der Waals surface area contributed by atoms with E-state index in [1.165, 1.54) is 6.07 Å². The van der Waals surface area contributed by atoms with Gasteiger partial charge in [0.1, 0.15) is 24.6 Å². The third kappa shape index (κ3) is 5.81. The second-order valence-corrected chi connectivity index (χ2v) is 8.34. The van der Waals surface area contributed by atoms with Gasteiger partial charge in [-0.25, -0.2) is 9.78 Å². The van der Waals surface area contributed by atoms with Gasteiger partial charge in [-0.1, -0.05) is 18.2 Å². The van der Waals surface area contributed by atoms with Crippen molar-refractivity contribution in [1.82, 2.24) is 9.55 Å². The molecule has 0 fully saturated rings. The van der Waals surface area contributed by atoms with Gasteiger partial charge < -0.3 is 14.0 Å². The summed E-state index contributed by atoms with van der Waals surface area (Å²) >= 11 is 0. The molecule has 0 saturated carbocycles. The number of nitrogens with one attached hydrogen (secondary N) is 1. The number of benzene rings is 1. The van der Waals surface area contributed by atoms with Gasteiger partial charge >= 0.3 is 12.1 Å². The molecule has 0 saturated heterocycles. The summed E-state index contributed by atoms with van der Waals surface area (Å²) in [5, 5.41) is 2.65. The molecule has 0 aliphatic heterocycles. The Kier molecular flexibility index (Phi) is 6.58. The summed E-state index contributed by atoms with van der Waals surface area (Å²) in [5.74, 6) is 0.133. The van der Waals surface area contributed by atoms with E-state index in [1.807, 2.05) is 18.2 Å². The van der Waals surface area contributed by atoms with E-state index in [2.05, 4.69) is 10.3 Å². The van der Waals surface area contributed by atoms with Gasteiger partial charge in [0.2, 0.25) is 0 Å².